The highest BCUT2D eigenvalue weighted by molar-refractivity contribution is 7.80. The van der Waals surface area contributed by atoms with Gasteiger partial charge < -0.3 is 15.2 Å². The molecule has 25 heavy (non-hydrogen) atoms. The van der Waals surface area contributed by atoms with Crippen LogP contribution in [0.1, 0.15) is 12.0 Å². The number of carboxylic acids is 1. The molecule has 0 aliphatic carbocycles. The van der Waals surface area contributed by atoms with Gasteiger partial charge in [-0.05, 0) is 54.5 Å². The molecule has 2 aromatic carbocycles. The third-order valence-corrected chi connectivity index (χ3v) is 4.24. The van der Waals surface area contributed by atoms with E-state index in [1.165, 1.54) is 0 Å². The fraction of sp³-hybridized carbons (Fsp3) is 0.158. The monoisotopic (exact) mass is 354 g/mol. The van der Waals surface area contributed by atoms with E-state index in [4.69, 9.17) is 22.1 Å². The standard InChI is InChI=1S/C19H18N2O3S/c1-24-15-8-9-17-16(11-15)13(7-10-18(22)23)12-21(17)19(25)20-14-5-3-2-4-6-14/h2-6,8-9,11-12H,7,10H2,1H3,(H,20,25)(H,22,23). The molecule has 0 saturated heterocycles. The Labute approximate surface area is 150 Å². The Balaban J connectivity index is 1.99. The molecule has 0 saturated carbocycles. The Morgan fingerprint density at radius 1 is 1.24 bits per heavy atom. The summed E-state index contributed by atoms with van der Waals surface area (Å²) in [6.45, 7) is 0. The number of rotatable bonds is 5. The number of para-hydroxylation sites is 1. The summed E-state index contributed by atoms with van der Waals surface area (Å²) < 4.78 is 7.16. The Hall–Kier alpha value is -2.86. The number of hydrogen-bond acceptors (Lipinski definition) is 3. The highest BCUT2D eigenvalue weighted by Gasteiger charge is 2.13. The summed E-state index contributed by atoms with van der Waals surface area (Å²) in [5.74, 6) is -0.0995. The number of ether oxygens (including phenoxy) is 1. The van der Waals surface area contributed by atoms with Crippen molar-refractivity contribution in [3.63, 3.8) is 0 Å². The molecule has 0 aliphatic rings. The van der Waals surface area contributed by atoms with Crippen molar-refractivity contribution in [1.29, 1.82) is 0 Å². The highest BCUT2D eigenvalue weighted by Crippen LogP contribution is 2.27. The van der Waals surface area contributed by atoms with Gasteiger partial charge in [-0.2, -0.15) is 0 Å². The van der Waals surface area contributed by atoms with E-state index in [2.05, 4.69) is 5.32 Å². The second-order valence-electron chi connectivity index (χ2n) is 5.60. The molecular weight excluding hydrogens is 336 g/mol. The predicted octanol–water partition coefficient (Wildman–Crippen LogP) is 3.91. The third kappa shape index (κ3) is 3.80. The van der Waals surface area contributed by atoms with E-state index < -0.39 is 5.97 Å². The molecule has 0 atom stereocenters. The quantitative estimate of drug-likeness (QED) is 0.680. The number of aromatic nitrogens is 1. The second-order valence-corrected chi connectivity index (χ2v) is 5.98. The average Bonchev–Trinajstić information content (AvgIpc) is 2.98. The van der Waals surface area contributed by atoms with E-state index in [-0.39, 0.29) is 6.42 Å². The molecule has 0 radical (unpaired) electrons. The van der Waals surface area contributed by atoms with Gasteiger partial charge in [-0.15, -0.1) is 0 Å². The van der Waals surface area contributed by atoms with Crippen LogP contribution in [0.15, 0.2) is 54.7 Å². The molecular formula is C19H18N2O3S. The van der Waals surface area contributed by atoms with Crippen LogP contribution in [0.4, 0.5) is 5.69 Å². The van der Waals surface area contributed by atoms with Crippen molar-refractivity contribution in [3.05, 3.63) is 60.3 Å². The molecule has 6 heteroatoms. The molecule has 3 rings (SSSR count). The molecule has 0 bridgehead atoms. The molecule has 1 heterocycles. The first-order valence-corrected chi connectivity index (χ1v) is 8.25. The van der Waals surface area contributed by atoms with E-state index in [1.807, 2.05) is 59.3 Å². The van der Waals surface area contributed by atoms with Crippen molar-refractivity contribution < 1.29 is 14.6 Å². The maximum atomic E-state index is 10.9. The smallest absolute Gasteiger partial charge is 0.303 e. The topological polar surface area (TPSA) is 63.5 Å². The fourth-order valence-electron chi connectivity index (χ4n) is 2.72. The number of thiocarbonyl (C=S) groups is 1. The van der Waals surface area contributed by atoms with E-state index >= 15 is 0 Å². The van der Waals surface area contributed by atoms with Crippen LogP contribution in [0.25, 0.3) is 10.9 Å². The second kappa shape index (κ2) is 7.36. The van der Waals surface area contributed by atoms with Crippen LogP contribution >= 0.6 is 12.2 Å². The Morgan fingerprint density at radius 3 is 2.68 bits per heavy atom. The summed E-state index contributed by atoms with van der Waals surface area (Å²) >= 11 is 5.54. The maximum Gasteiger partial charge on any atom is 0.303 e. The lowest BCUT2D eigenvalue weighted by molar-refractivity contribution is -0.136. The molecule has 1 aromatic heterocycles. The van der Waals surface area contributed by atoms with Crippen LogP contribution in [0.2, 0.25) is 0 Å². The van der Waals surface area contributed by atoms with Gasteiger partial charge in [0.05, 0.1) is 12.6 Å². The Morgan fingerprint density at radius 2 is 2.00 bits per heavy atom. The Kier molecular flexibility index (Phi) is 5.00. The van der Waals surface area contributed by atoms with Gasteiger partial charge in [-0.3, -0.25) is 9.36 Å². The van der Waals surface area contributed by atoms with Crippen molar-refractivity contribution >= 4 is 39.9 Å². The van der Waals surface area contributed by atoms with E-state index in [0.717, 1.165) is 27.9 Å². The van der Waals surface area contributed by atoms with Crippen LogP contribution in [-0.4, -0.2) is 27.9 Å². The zero-order valence-electron chi connectivity index (χ0n) is 13.7. The number of aliphatic carboxylic acids is 1. The van der Waals surface area contributed by atoms with Crippen LogP contribution < -0.4 is 10.1 Å². The number of benzene rings is 2. The summed E-state index contributed by atoms with van der Waals surface area (Å²) in [6, 6.07) is 15.4. The molecule has 0 unspecified atom stereocenters. The van der Waals surface area contributed by atoms with Crippen LogP contribution in [0.3, 0.4) is 0 Å². The number of carboxylic acid groups (broad SMARTS) is 1. The first-order chi connectivity index (χ1) is 12.1. The number of fused-ring (bicyclic) bond motifs is 1. The van der Waals surface area contributed by atoms with Crippen molar-refractivity contribution in [2.45, 2.75) is 12.8 Å². The summed E-state index contributed by atoms with van der Waals surface area (Å²) in [5, 5.41) is 13.7. The largest absolute Gasteiger partial charge is 0.497 e. The molecule has 0 spiro atoms. The molecule has 0 amide bonds. The molecule has 5 nitrogen and oxygen atoms in total. The van der Waals surface area contributed by atoms with Gasteiger partial charge in [0.25, 0.3) is 0 Å². The average molecular weight is 354 g/mol. The minimum absolute atomic E-state index is 0.0647. The number of anilines is 1. The van der Waals surface area contributed by atoms with Crippen molar-refractivity contribution in [3.8, 4) is 5.75 Å². The predicted molar refractivity (Wildman–Crippen MR) is 103 cm³/mol. The number of nitrogens with zero attached hydrogens (tertiary/aromatic N) is 1. The maximum absolute atomic E-state index is 10.9. The lowest BCUT2D eigenvalue weighted by Gasteiger charge is -2.10. The number of methoxy groups -OCH3 is 1. The van der Waals surface area contributed by atoms with E-state index in [9.17, 15) is 4.79 Å². The van der Waals surface area contributed by atoms with Crippen molar-refractivity contribution in [2.24, 2.45) is 0 Å². The van der Waals surface area contributed by atoms with Crippen LogP contribution in [0, 0.1) is 0 Å². The van der Waals surface area contributed by atoms with Gasteiger partial charge >= 0.3 is 5.97 Å². The van der Waals surface area contributed by atoms with E-state index in [0.29, 0.717) is 11.5 Å². The highest BCUT2D eigenvalue weighted by atomic mass is 32.1. The molecule has 128 valence electrons. The van der Waals surface area contributed by atoms with E-state index in [1.54, 1.807) is 7.11 Å². The Bertz CT molecular complexity index is 919. The lowest BCUT2D eigenvalue weighted by Crippen LogP contribution is -2.18. The van der Waals surface area contributed by atoms with Crippen molar-refractivity contribution in [1.82, 2.24) is 4.57 Å². The summed E-state index contributed by atoms with van der Waals surface area (Å²) in [5.41, 5.74) is 2.73. The molecule has 0 aliphatic heterocycles. The van der Waals surface area contributed by atoms with Crippen LogP contribution in [0.5, 0.6) is 5.75 Å². The van der Waals surface area contributed by atoms with Gasteiger partial charge in [0.2, 0.25) is 0 Å². The van der Waals surface area contributed by atoms with Gasteiger partial charge in [0.1, 0.15) is 5.75 Å². The lowest BCUT2D eigenvalue weighted by atomic mass is 10.1. The van der Waals surface area contributed by atoms with Gasteiger partial charge in [-0.25, -0.2) is 0 Å². The zero-order valence-corrected chi connectivity index (χ0v) is 14.5. The summed E-state index contributed by atoms with van der Waals surface area (Å²) in [6.07, 6.45) is 2.39. The number of hydrogen-bond donors (Lipinski definition) is 2. The van der Waals surface area contributed by atoms with Gasteiger partial charge in [-0.1, -0.05) is 18.2 Å². The SMILES string of the molecule is COc1ccc2c(c1)c(CCC(=O)O)cn2C(=S)Nc1ccccc1. The fourth-order valence-corrected chi connectivity index (χ4v) is 2.99. The third-order valence-electron chi connectivity index (χ3n) is 3.95. The van der Waals surface area contributed by atoms with Crippen LogP contribution in [-0.2, 0) is 11.2 Å². The minimum Gasteiger partial charge on any atom is -0.497 e. The number of aryl methyl sites for hydroxylation is 1. The molecule has 3 aromatic rings. The van der Waals surface area contributed by atoms with Gasteiger partial charge in [0, 0.05) is 23.7 Å². The van der Waals surface area contributed by atoms with Crippen molar-refractivity contribution in [2.75, 3.05) is 12.4 Å². The first-order valence-electron chi connectivity index (χ1n) is 7.84. The zero-order chi connectivity index (χ0) is 17.8. The number of carbonyl (C=O) groups is 1. The normalized spacial score (nSPS) is 10.6. The molecule has 0 fully saturated rings. The van der Waals surface area contributed by atoms with Gasteiger partial charge in [0.15, 0.2) is 5.11 Å². The molecule has 2 N–H and O–H groups in total. The summed E-state index contributed by atoms with van der Waals surface area (Å²) in [7, 11) is 1.61. The minimum atomic E-state index is -0.825. The first kappa shape index (κ1) is 17.0. The summed E-state index contributed by atoms with van der Waals surface area (Å²) in [4.78, 5) is 10.9. The number of nitrogens with one attached hydrogen (secondary N) is 1.